The van der Waals surface area contributed by atoms with Gasteiger partial charge in [0, 0.05) is 18.0 Å². The van der Waals surface area contributed by atoms with Gasteiger partial charge in [0.2, 0.25) is 5.82 Å². The van der Waals surface area contributed by atoms with Gasteiger partial charge in [-0.1, -0.05) is 20.8 Å². The summed E-state index contributed by atoms with van der Waals surface area (Å²) in [6.45, 7) is 10.3. The fourth-order valence-electron chi connectivity index (χ4n) is 4.08. The van der Waals surface area contributed by atoms with E-state index in [9.17, 15) is 4.79 Å². The third-order valence-corrected chi connectivity index (χ3v) is 7.07. The number of hydrogen-bond acceptors (Lipinski definition) is 6. The molecule has 1 unspecified atom stereocenters. The highest BCUT2D eigenvalue weighted by Crippen LogP contribution is 2.43. The number of hydrogen-bond donors (Lipinski definition) is 1. The van der Waals surface area contributed by atoms with Crippen LogP contribution in [-0.2, 0) is 12.8 Å². The van der Waals surface area contributed by atoms with E-state index in [0.717, 1.165) is 41.1 Å². The van der Waals surface area contributed by atoms with Crippen LogP contribution in [0.4, 0.5) is 0 Å². The SMILES string of the molecule is Cc1nc2sc3c(c2c2nc(C(=O)NCCN(C)C)nn12)CCC(C(C)(C)C)C3. The zero-order chi connectivity index (χ0) is 20.9. The Morgan fingerprint density at radius 3 is 2.76 bits per heavy atom. The first-order chi connectivity index (χ1) is 13.6. The van der Waals surface area contributed by atoms with Gasteiger partial charge in [0.15, 0.2) is 5.65 Å². The van der Waals surface area contributed by atoms with Crippen LogP contribution in [0.1, 0.15) is 54.1 Å². The van der Waals surface area contributed by atoms with E-state index >= 15 is 0 Å². The van der Waals surface area contributed by atoms with Gasteiger partial charge in [-0.15, -0.1) is 16.4 Å². The number of aryl methyl sites for hydroxylation is 2. The number of carbonyl (C=O) groups excluding carboxylic acids is 1. The predicted molar refractivity (Wildman–Crippen MR) is 117 cm³/mol. The quantitative estimate of drug-likeness (QED) is 0.710. The Labute approximate surface area is 175 Å². The van der Waals surface area contributed by atoms with Crippen molar-refractivity contribution in [3.05, 3.63) is 22.1 Å². The standard InChI is InChI=1S/C21H30N6OS/c1-12-23-20-16(14-8-7-13(21(2,3)4)11-15(14)29-20)18-24-17(25-27(12)18)19(28)22-9-10-26(5)6/h13H,7-11H2,1-6H3,(H,22,28). The van der Waals surface area contributed by atoms with E-state index < -0.39 is 0 Å². The Morgan fingerprint density at radius 1 is 1.31 bits per heavy atom. The van der Waals surface area contributed by atoms with Gasteiger partial charge < -0.3 is 10.2 Å². The van der Waals surface area contributed by atoms with Gasteiger partial charge in [0.25, 0.3) is 5.91 Å². The smallest absolute Gasteiger partial charge is 0.291 e. The molecule has 3 aromatic rings. The third kappa shape index (κ3) is 3.75. The molecule has 0 saturated heterocycles. The van der Waals surface area contributed by atoms with Crippen LogP contribution in [0.15, 0.2) is 0 Å². The van der Waals surface area contributed by atoms with Crippen LogP contribution in [0.3, 0.4) is 0 Å². The van der Waals surface area contributed by atoms with Crippen LogP contribution in [0, 0.1) is 18.3 Å². The van der Waals surface area contributed by atoms with Crippen LogP contribution in [0.5, 0.6) is 0 Å². The molecule has 0 fully saturated rings. The summed E-state index contributed by atoms with van der Waals surface area (Å²) in [5.41, 5.74) is 2.42. The lowest BCUT2D eigenvalue weighted by Gasteiger charge is -2.33. The molecule has 1 aliphatic rings. The average Bonchev–Trinajstić information content (AvgIpc) is 3.21. The molecule has 1 aliphatic carbocycles. The summed E-state index contributed by atoms with van der Waals surface area (Å²) in [4.78, 5) is 26.4. The summed E-state index contributed by atoms with van der Waals surface area (Å²) < 4.78 is 1.73. The van der Waals surface area contributed by atoms with Crippen molar-refractivity contribution in [1.29, 1.82) is 0 Å². The molecule has 4 rings (SSSR count). The summed E-state index contributed by atoms with van der Waals surface area (Å²) in [5.74, 6) is 1.42. The minimum absolute atomic E-state index is 0.212. The number of aromatic nitrogens is 4. The molecule has 0 spiro atoms. The number of likely N-dealkylation sites (N-methyl/N-ethyl adjacent to an activating group) is 1. The second-order valence-electron chi connectivity index (χ2n) is 9.38. The van der Waals surface area contributed by atoms with Gasteiger partial charge in [-0.2, -0.15) is 4.52 Å². The molecule has 0 aromatic carbocycles. The number of nitrogens with one attached hydrogen (secondary N) is 1. The average molecular weight is 415 g/mol. The predicted octanol–water partition coefficient (Wildman–Crippen LogP) is 3.09. The van der Waals surface area contributed by atoms with Gasteiger partial charge in [0.1, 0.15) is 10.7 Å². The number of thiophene rings is 1. The number of rotatable bonds is 4. The normalized spacial score (nSPS) is 17.3. The lowest BCUT2D eigenvalue weighted by atomic mass is 9.72. The van der Waals surface area contributed by atoms with E-state index in [-0.39, 0.29) is 11.7 Å². The Hall–Kier alpha value is -2.06. The molecule has 0 saturated carbocycles. The molecule has 1 N–H and O–H groups in total. The first-order valence-electron chi connectivity index (χ1n) is 10.3. The van der Waals surface area contributed by atoms with Crippen molar-refractivity contribution in [2.45, 2.75) is 47.0 Å². The van der Waals surface area contributed by atoms with Crippen molar-refractivity contribution in [2.75, 3.05) is 27.2 Å². The van der Waals surface area contributed by atoms with E-state index in [1.54, 1.807) is 15.9 Å². The van der Waals surface area contributed by atoms with Gasteiger partial charge in [0.05, 0.1) is 5.39 Å². The van der Waals surface area contributed by atoms with Crippen molar-refractivity contribution >= 4 is 33.1 Å². The van der Waals surface area contributed by atoms with Gasteiger partial charge in [-0.25, -0.2) is 9.97 Å². The van der Waals surface area contributed by atoms with Crippen LogP contribution < -0.4 is 5.32 Å². The maximum Gasteiger partial charge on any atom is 0.291 e. The van der Waals surface area contributed by atoms with E-state index in [4.69, 9.17) is 4.98 Å². The molecule has 156 valence electrons. The van der Waals surface area contributed by atoms with E-state index in [2.05, 4.69) is 36.2 Å². The van der Waals surface area contributed by atoms with Crippen LogP contribution in [0.25, 0.3) is 15.9 Å². The first-order valence-corrected chi connectivity index (χ1v) is 11.1. The third-order valence-electron chi connectivity index (χ3n) is 5.92. The van der Waals surface area contributed by atoms with Crippen molar-refractivity contribution in [1.82, 2.24) is 29.8 Å². The van der Waals surface area contributed by atoms with Crippen LogP contribution >= 0.6 is 11.3 Å². The second-order valence-corrected chi connectivity index (χ2v) is 10.5. The monoisotopic (exact) mass is 414 g/mol. The lowest BCUT2D eigenvalue weighted by Crippen LogP contribution is -2.32. The van der Waals surface area contributed by atoms with Crippen LogP contribution in [-0.4, -0.2) is 57.6 Å². The van der Waals surface area contributed by atoms with Gasteiger partial charge >= 0.3 is 0 Å². The maximum atomic E-state index is 12.5. The topological polar surface area (TPSA) is 75.4 Å². The molecular weight excluding hydrogens is 384 g/mol. The summed E-state index contributed by atoms with van der Waals surface area (Å²) >= 11 is 1.79. The molecule has 7 nitrogen and oxygen atoms in total. The Balaban J connectivity index is 1.73. The Bertz CT molecular complexity index is 1070. The number of fused-ring (bicyclic) bond motifs is 5. The highest BCUT2D eigenvalue weighted by molar-refractivity contribution is 7.19. The fraction of sp³-hybridized carbons (Fsp3) is 0.619. The molecule has 8 heteroatoms. The van der Waals surface area contributed by atoms with Crippen molar-refractivity contribution < 1.29 is 4.79 Å². The van der Waals surface area contributed by atoms with E-state index in [1.807, 2.05) is 25.9 Å². The largest absolute Gasteiger partial charge is 0.348 e. The van der Waals surface area contributed by atoms with Crippen molar-refractivity contribution in [3.63, 3.8) is 0 Å². The second kappa shape index (κ2) is 7.32. The molecule has 0 radical (unpaired) electrons. The number of carbonyl (C=O) groups is 1. The maximum absolute atomic E-state index is 12.5. The Kier molecular flexibility index (Phi) is 5.11. The first kappa shape index (κ1) is 20.2. The molecular formula is C21H30N6OS. The summed E-state index contributed by atoms with van der Waals surface area (Å²) in [7, 11) is 3.95. The van der Waals surface area contributed by atoms with Gasteiger partial charge in [-0.05, 0) is 57.2 Å². The van der Waals surface area contributed by atoms with Crippen molar-refractivity contribution in [2.24, 2.45) is 11.3 Å². The van der Waals surface area contributed by atoms with Gasteiger partial charge in [-0.3, -0.25) is 4.79 Å². The van der Waals surface area contributed by atoms with Crippen molar-refractivity contribution in [3.8, 4) is 0 Å². The molecule has 0 aliphatic heterocycles. The molecule has 3 heterocycles. The minimum atomic E-state index is -0.236. The van der Waals surface area contributed by atoms with E-state index in [1.165, 1.54) is 16.9 Å². The van der Waals surface area contributed by atoms with E-state index in [0.29, 0.717) is 17.9 Å². The molecule has 1 amide bonds. The number of nitrogens with zero attached hydrogens (tertiary/aromatic N) is 5. The lowest BCUT2D eigenvalue weighted by molar-refractivity contribution is 0.0941. The molecule has 3 aromatic heterocycles. The zero-order valence-electron chi connectivity index (χ0n) is 18.2. The minimum Gasteiger partial charge on any atom is -0.348 e. The molecule has 1 atom stereocenters. The summed E-state index contributed by atoms with van der Waals surface area (Å²) in [5, 5.41) is 8.45. The molecule has 29 heavy (non-hydrogen) atoms. The Morgan fingerprint density at radius 2 is 2.07 bits per heavy atom. The van der Waals surface area contributed by atoms with Crippen LogP contribution in [0.2, 0.25) is 0 Å². The molecule has 0 bridgehead atoms. The zero-order valence-corrected chi connectivity index (χ0v) is 19.0. The summed E-state index contributed by atoms with van der Waals surface area (Å²) in [6, 6.07) is 0. The number of amides is 1. The fourth-order valence-corrected chi connectivity index (χ4v) is 5.42. The highest BCUT2D eigenvalue weighted by atomic mass is 32.1. The summed E-state index contributed by atoms with van der Waals surface area (Å²) in [6.07, 6.45) is 3.31. The highest BCUT2D eigenvalue weighted by Gasteiger charge is 2.32.